The lowest BCUT2D eigenvalue weighted by Crippen LogP contribution is -2.05. The summed E-state index contributed by atoms with van der Waals surface area (Å²) in [5.41, 5.74) is 1.76. The number of carbonyl (C=O) groups is 1. The first-order valence-corrected chi connectivity index (χ1v) is 8.28. The van der Waals surface area contributed by atoms with E-state index < -0.39 is 5.97 Å². The Morgan fingerprint density at radius 3 is 2.78 bits per heavy atom. The largest absolute Gasteiger partial charge is 0.490 e. The van der Waals surface area contributed by atoms with E-state index in [4.69, 9.17) is 21.1 Å². The number of rotatable bonds is 4. The van der Waals surface area contributed by atoms with Gasteiger partial charge in [-0.2, -0.15) is 0 Å². The molecule has 0 radical (unpaired) electrons. The summed E-state index contributed by atoms with van der Waals surface area (Å²) in [7, 11) is 0. The monoisotopic (exact) mass is 347 g/mol. The highest BCUT2D eigenvalue weighted by atomic mass is 35.5. The summed E-state index contributed by atoms with van der Waals surface area (Å²) in [6, 6.07) is 11.5. The summed E-state index contributed by atoms with van der Waals surface area (Å²) in [6.07, 6.45) is 0. The molecule has 0 unspecified atom stereocenters. The maximum Gasteiger partial charge on any atom is 0.308 e. The van der Waals surface area contributed by atoms with Crippen LogP contribution in [0.3, 0.4) is 0 Å². The Bertz CT molecular complexity index is 842. The van der Waals surface area contributed by atoms with Gasteiger partial charge in [0.05, 0.1) is 21.8 Å². The van der Waals surface area contributed by atoms with Crippen LogP contribution in [0.2, 0.25) is 5.02 Å². The number of esters is 1. The minimum Gasteiger partial charge on any atom is -0.490 e. The summed E-state index contributed by atoms with van der Waals surface area (Å²) in [6.45, 7) is 3.62. The zero-order chi connectivity index (χ0) is 16.4. The molecule has 23 heavy (non-hydrogen) atoms. The van der Waals surface area contributed by atoms with Crippen molar-refractivity contribution in [2.75, 3.05) is 6.61 Å². The smallest absolute Gasteiger partial charge is 0.308 e. The average molecular weight is 348 g/mol. The maximum atomic E-state index is 11.2. The van der Waals surface area contributed by atoms with Crippen LogP contribution in [0.15, 0.2) is 36.4 Å². The highest BCUT2D eigenvalue weighted by Crippen LogP contribution is 2.41. The van der Waals surface area contributed by atoms with Crippen molar-refractivity contribution >= 4 is 39.1 Å². The van der Waals surface area contributed by atoms with Gasteiger partial charge in [0, 0.05) is 12.5 Å². The van der Waals surface area contributed by atoms with E-state index in [1.807, 2.05) is 31.2 Å². The fourth-order valence-electron chi connectivity index (χ4n) is 2.19. The van der Waals surface area contributed by atoms with Gasteiger partial charge in [0.2, 0.25) is 0 Å². The molecule has 0 aliphatic rings. The number of halogens is 1. The lowest BCUT2D eigenvalue weighted by atomic mass is 10.2. The fourth-order valence-corrected chi connectivity index (χ4v) is 3.39. The molecule has 6 heteroatoms. The van der Waals surface area contributed by atoms with E-state index >= 15 is 0 Å². The number of carbonyl (C=O) groups excluding carboxylic acids is 1. The molecule has 0 saturated carbocycles. The highest BCUT2D eigenvalue weighted by molar-refractivity contribution is 7.21. The van der Waals surface area contributed by atoms with Gasteiger partial charge in [0.15, 0.2) is 11.5 Å². The zero-order valence-corrected chi connectivity index (χ0v) is 14.2. The second kappa shape index (κ2) is 6.56. The molecule has 0 bridgehead atoms. The van der Waals surface area contributed by atoms with Gasteiger partial charge in [-0.15, -0.1) is 11.3 Å². The van der Waals surface area contributed by atoms with E-state index in [0.717, 1.165) is 20.8 Å². The van der Waals surface area contributed by atoms with Crippen molar-refractivity contribution < 1.29 is 14.3 Å². The second-order valence-corrected chi connectivity index (χ2v) is 6.24. The Labute approximate surface area is 142 Å². The van der Waals surface area contributed by atoms with Crippen molar-refractivity contribution in [2.45, 2.75) is 13.8 Å². The molecule has 1 aromatic heterocycles. The molecule has 3 aromatic rings. The number of aromatic nitrogens is 1. The molecule has 3 rings (SSSR count). The first-order chi connectivity index (χ1) is 11.1. The zero-order valence-electron chi connectivity index (χ0n) is 12.6. The number of hydrogen-bond donors (Lipinski definition) is 0. The number of hydrogen-bond acceptors (Lipinski definition) is 5. The average Bonchev–Trinajstić information content (AvgIpc) is 2.94. The van der Waals surface area contributed by atoms with Crippen LogP contribution >= 0.6 is 22.9 Å². The van der Waals surface area contributed by atoms with Crippen LogP contribution in [0.4, 0.5) is 0 Å². The predicted molar refractivity (Wildman–Crippen MR) is 92.5 cm³/mol. The van der Waals surface area contributed by atoms with Crippen LogP contribution < -0.4 is 9.47 Å². The van der Waals surface area contributed by atoms with Crippen LogP contribution in [0.25, 0.3) is 20.8 Å². The number of nitrogens with zero attached hydrogens (tertiary/aromatic N) is 1. The van der Waals surface area contributed by atoms with E-state index in [-0.39, 0.29) is 5.75 Å². The van der Waals surface area contributed by atoms with Crippen LogP contribution in [-0.4, -0.2) is 17.6 Å². The Balaban J connectivity index is 2.10. The maximum absolute atomic E-state index is 11.2. The van der Waals surface area contributed by atoms with Gasteiger partial charge in [-0.25, -0.2) is 4.98 Å². The number of thiazole rings is 1. The summed E-state index contributed by atoms with van der Waals surface area (Å²) in [4.78, 5) is 15.9. The van der Waals surface area contributed by atoms with E-state index in [0.29, 0.717) is 17.4 Å². The molecule has 0 N–H and O–H groups in total. The molecule has 0 aliphatic heterocycles. The van der Waals surface area contributed by atoms with Crippen molar-refractivity contribution in [3.63, 3.8) is 0 Å². The lowest BCUT2D eigenvalue weighted by Gasteiger charge is -2.12. The third-order valence-corrected chi connectivity index (χ3v) is 4.46. The molecule has 1 heterocycles. The molecule has 0 atom stereocenters. The van der Waals surface area contributed by atoms with Gasteiger partial charge in [-0.3, -0.25) is 4.79 Å². The SMILES string of the molecule is CCOc1cc(-c2nc3ccccc3s2)cc(Cl)c1OC(C)=O. The van der Waals surface area contributed by atoms with Crippen molar-refractivity contribution in [3.05, 3.63) is 41.4 Å². The van der Waals surface area contributed by atoms with Crippen LogP contribution in [-0.2, 0) is 4.79 Å². The second-order valence-electron chi connectivity index (χ2n) is 4.80. The standard InChI is InChI=1S/C17H14ClNO3S/c1-3-21-14-9-11(8-12(18)16(14)22-10(2)20)17-19-13-6-4-5-7-15(13)23-17/h4-9H,3H2,1-2H3. The molecule has 2 aromatic carbocycles. The molecule has 0 saturated heterocycles. The predicted octanol–water partition coefficient (Wildman–Crippen LogP) is 4.94. The number of benzene rings is 2. The fraction of sp³-hybridized carbons (Fsp3) is 0.176. The summed E-state index contributed by atoms with van der Waals surface area (Å²) in [5.74, 6) is 0.232. The molecule has 0 spiro atoms. The van der Waals surface area contributed by atoms with Crippen molar-refractivity contribution in [1.29, 1.82) is 0 Å². The molecule has 0 aliphatic carbocycles. The molecule has 0 amide bonds. The van der Waals surface area contributed by atoms with Gasteiger partial charge in [0.1, 0.15) is 5.01 Å². The minimum atomic E-state index is -0.444. The third kappa shape index (κ3) is 3.30. The van der Waals surface area contributed by atoms with Crippen LogP contribution in [0.5, 0.6) is 11.5 Å². The lowest BCUT2D eigenvalue weighted by molar-refractivity contribution is -0.132. The minimum absolute atomic E-state index is 0.242. The normalized spacial score (nSPS) is 10.7. The van der Waals surface area contributed by atoms with Crippen molar-refractivity contribution in [1.82, 2.24) is 4.98 Å². The first-order valence-electron chi connectivity index (χ1n) is 7.09. The Kier molecular flexibility index (Phi) is 4.50. The molecule has 118 valence electrons. The van der Waals surface area contributed by atoms with Crippen molar-refractivity contribution in [3.8, 4) is 22.1 Å². The Hall–Kier alpha value is -2.11. The Morgan fingerprint density at radius 2 is 2.09 bits per heavy atom. The van der Waals surface area contributed by atoms with Gasteiger partial charge in [0.25, 0.3) is 0 Å². The van der Waals surface area contributed by atoms with Gasteiger partial charge >= 0.3 is 5.97 Å². The van der Waals surface area contributed by atoms with E-state index in [1.54, 1.807) is 23.5 Å². The van der Waals surface area contributed by atoms with Gasteiger partial charge in [-0.1, -0.05) is 23.7 Å². The van der Waals surface area contributed by atoms with E-state index in [9.17, 15) is 4.79 Å². The molecular weight excluding hydrogens is 334 g/mol. The number of ether oxygens (including phenoxy) is 2. The van der Waals surface area contributed by atoms with Crippen LogP contribution in [0, 0.1) is 0 Å². The topological polar surface area (TPSA) is 48.4 Å². The molecule has 0 fully saturated rings. The Morgan fingerprint density at radius 1 is 1.30 bits per heavy atom. The number of para-hydroxylation sites is 1. The summed E-state index contributed by atoms with van der Waals surface area (Å²) in [5, 5.41) is 1.16. The van der Waals surface area contributed by atoms with E-state index in [1.165, 1.54) is 6.92 Å². The summed E-state index contributed by atoms with van der Waals surface area (Å²) < 4.78 is 11.8. The van der Waals surface area contributed by atoms with Gasteiger partial charge in [-0.05, 0) is 31.2 Å². The third-order valence-electron chi connectivity index (χ3n) is 3.10. The highest BCUT2D eigenvalue weighted by Gasteiger charge is 2.17. The van der Waals surface area contributed by atoms with Gasteiger partial charge < -0.3 is 9.47 Å². The van der Waals surface area contributed by atoms with Crippen molar-refractivity contribution in [2.24, 2.45) is 0 Å². The van der Waals surface area contributed by atoms with E-state index in [2.05, 4.69) is 4.98 Å². The molecular formula is C17H14ClNO3S. The quantitative estimate of drug-likeness (QED) is 0.495. The summed E-state index contributed by atoms with van der Waals surface area (Å²) >= 11 is 7.86. The first kappa shape index (κ1) is 15.8. The van der Waals surface area contributed by atoms with Crippen LogP contribution in [0.1, 0.15) is 13.8 Å². The molecule has 4 nitrogen and oxygen atoms in total. The number of fused-ring (bicyclic) bond motifs is 1.